The standard InChI is InChI=1S/C22H33ClN7O12PS/c1-39-10-22(43(35,36)37,19(33)28-44(3,38)29-21(34)40-2)41-9-13-14(31)15(32)18(42-13)30-17-12(8-24-30)16(26-20(23)27-17)25-11-6-4-5-7-11/h8,11,13-15,18,31-32H,4-7,9-10H2,1-3H3,(H,25,26,27)(H2,35,36,37)(H,28,29,33,34,38)/t13-,14-,15-,18-,22+,44?/m1/s1. The third-order valence-electron chi connectivity index (χ3n) is 7.05. The number of halogens is 1. The number of aromatic nitrogens is 4. The fourth-order valence-corrected chi connectivity index (χ4v) is 6.82. The summed E-state index contributed by atoms with van der Waals surface area (Å²) in [7, 11) is -7.60. The van der Waals surface area contributed by atoms with Crippen LogP contribution in [0.4, 0.5) is 10.6 Å². The highest BCUT2D eigenvalue weighted by molar-refractivity contribution is 7.91. The average Bonchev–Trinajstić information content (AvgIpc) is 3.66. The number of rotatable bonds is 11. The summed E-state index contributed by atoms with van der Waals surface area (Å²) in [6.45, 7) is -1.98. The van der Waals surface area contributed by atoms with Crippen LogP contribution < -0.4 is 10.0 Å². The number of carbonyl (C=O) groups excluding carboxylic acids is 2. The van der Waals surface area contributed by atoms with Crippen molar-refractivity contribution >= 4 is 58.0 Å². The van der Waals surface area contributed by atoms with Crippen molar-refractivity contribution in [1.82, 2.24) is 24.5 Å². The number of anilines is 1. The van der Waals surface area contributed by atoms with Gasteiger partial charge in [-0.25, -0.2) is 18.4 Å². The fourth-order valence-electron chi connectivity index (χ4n) is 4.85. The lowest BCUT2D eigenvalue weighted by Gasteiger charge is -2.31. The summed E-state index contributed by atoms with van der Waals surface area (Å²) in [5.74, 6) is -1.32. The van der Waals surface area contributed by atoms with E-state index >= 15 is 0 Å². The molecule has 246 valence electrons. The van der Waals surface area contributed by atoms with Gasteiger partial charge in [-0.2, -0.15) is 15.1 Å². The molecule has 2 fully saturated rings. The maximum Gasteiger partial charge on any atom is 0.419 e. The third-order valence-corrected chi connectivity index (χ3v) is 9.67. The number of ether oxygens (including phenoxy) is 4. The van der Waals surface area contributed by atoms with Crippen molar-refractivity contribution in [3.63, 3.8) is 0 Å². The summed E-state index contributed by atoms with van der Waals surface area (Å²) in [6, 6.07) is 0.178. The van der Waals surface area contributed by atoms with Crippen LogP contribution in [-0.4, -0.2) is 119 Å². The van der Waals surface area contributed by atoms with E-state index in [1.165, 1.54) is 6.20 Å². The number of hydrogen-bond donors (Lipinski definition) is 6. The predicted molar refractivity (Wildman–Crippen MR) is 152 cm³/mol. The van der Waals surface area contributed by atoms with Gasteiger partial charge in [0, 0.05) is 19.4 Å². The summed E-state index contributed by atoms with van der Waals surface area (Å²) in [6.07, 6.45) is -1.21. The van der Waals surface area contributed by atoms with Crippen molar-refractivity contribution in [2.75, 3.05) is 39.0 Å². The molecular weight excluding hydrogens is 653 g/mol. The van der Waals surface area contributed by atoms with Crippen molar-refractivity contribution in [2.24, 2.45) is 4.36 Å². The summed E-state index contributed by atoms with van der Waals surface area (Å²) >= 11 is 6.17. The molecule has 1 aliphatic heterocycles. The smallest absolute Gasteiger partial charge is 0.419 e. The molecule has 2 amide bonds. The topological polar surface area (TPSA) is 266 Å². The largest absolute Gasteiger partial charge is 0.452 e. The van der Waals surface area contributed by atoms with E-state index in [2.05, 4.69) is 29.5 Å². The molecule has 0 aromatic carbocycles. The van der Waals surface area contributed by atoms with E-state index in [0.717, 1.165) is 50.8 Å². The maximum absolute atomic E-state index is 13.1. The zero-order valence-corrected chi connectivity index (χ0v) is 26.2. The molecule has 0 bridgehead atoms. The first-order valence-corrected chi connectivity index (χ1v) is 17.0. The van der Waals surface area contributed by atoms with Crippen molar-refractivity contribution < 1.29 is 57.3 Å². The van der Waals surface area contributed by atoms with Crippen LogP contribution in [0.15, 0.2) is 10.6 Å². The molecule has 22 heteroatoms. The molecule has 2 aliphatic rings. The first kappa shape index (κ1) is 34.4. The molecule has 44 heavy (non-hydrogen) atoms. The van der Waals surface area contributed by atoms with Crippen LogP contribution in [0.1, 0.15) is 31.9 Å². The van der Waals surface area contributed by atoms with Gasteiger partial charge < -0.3 is 44.3 Å². The van der Waals surface area contributed by atoms with Gasteiger partial charge in [0.2, 0.25) is 5.28 Å². The molecule has 1 unspecified atom stereocenters. The Bertz CT molecular complexity index is 1560. The molecule has 1 saturated heterocycles. The Balaban J connectivity index is 1.60. The second kappa shape index (κ2) is 13.5. The number of aliphatic hydroxyl groups excluding tert-OH is 2. The normalized spacial score (nSPS) is 25.4. The van der Waals surface area contributed by atoms with E-state index in [1.54, 1.807) is 4.72 Å². The molecule has 19 nitrogen and oxygen atoms in total. The zero-order valence-electron chi connectivity index (χ0n) is 23.7. The first-order chi connectivity index (χ1) is 20.6. The molecule has 1 saturated carbocycles. The van der Waals surface area contributed by atoms with Crippen molar-refractivity contribution in [3.8, 4) is 0 Å². The number of nitrogens with one attached hydrogen (secondary N) is 2. The van der Waals surface area contributed by atoms with E-state index in [0.29, 0.717) is 11.2 Å². The Morgan fingerprint density at radius 1 is 1.25 bits per heavy atom. The summed E-state index contributed by atoms with van der Waals surface area (Å²) in [5, 5.41) is 26.4. The minimum Gasteiger partial charge on any atom is -0.452 e. The molecule has 2 aromatic heterocycles. The molecule has 0 radical (unpaired) electrons. The van der Waals surface area contributed by atoms with Gasteiger partial charge in [-0.05, 0) is 24.4 Å². The number of hydrogen-bond acceptors (Lipinski definition) is 14. The lowest BCUT2D eigenvalue weighted by Crippen LogP contribution is -2.48. The summed E-state index contributed by atoms with van der Waals surface area (Å²) < 4.78 is 51.7. The minimum atomic E-state index is -5.63. The van der Waals surface area contributed by atoms with Gasteiger partial charge >= 0.3 is 19.6 Å². The van der Waals surface area contributed by atoms with Crippen LogP contribution in [0.3, 0.4) is 0 Å². The average molecular weight is 686 g/mol. The van der Waals surface area contributed by atoms with Crippen molar-refractivity contribution in [3.05, 3.63) is 11.5 Å². The fraction of sp³-hybridized carbons (Fsp3) is 0.682. The number of carbonyl (C=O) groups is 2. The SMILES string of the molecule is COC[C@@](OC[C@H]1O[C@@H](n2ncc3c(NC4CCCC4)nc(Cl)nc32)[C@H](O)[C@@H]1O)(C(=O)N=S(C)(=O)NC(=O)OC)P(=O)(O)O. The molecule has 0 spiro atoms. The first-order valence-electron chi connectivity index (χ1n) is 13.1. The molecule has 1 aliphatic carbocycles. The van der Waals surface area contributed by atoms with Crippen LogP contribution in [0.25, 0.3) is 11.0 Å². The number of fused-ring (bicyclic) bond motifs is 1. The maximum atomic E-state index is 13.1. The monoisotopic (exact) mass is 685 g/mol. The highest BCUT2D eigenvalue weighted by Crippen LogP contribution is 2.53. The lowest BCUT2D eigenvalue weighted by molar-refractivity contribution is -0.149. The quantitative estimate of drug-likeness (QED) is 0.133. The van der Waals surface area contributed by atoms with Gasteiger partial charge in [0.25, 0.3) is 5.34 Å². The van der Waals surface area contributed by atoms with Gasteiger partial charge in [0.05, 0.1) is 31.9 Å². The Hall–Kier alpha value is -2.52. The van der Waals surface area contributed by atoms with Crippen LogP contribution in [-0.2, 0) is 38.2 Å². The van der Waals surface area contributed by atoms with Gasteiger partial charge in [0.15, 0.2) is 11.9 Å². The molecule has 6 N–H and O–H groups in total. The highest BCUT2D eigenvalue weighted by Gasteiger charge is 2.57. The van der Waals surface area contributed by atoms with Crippen LogP contribution in [0, 0.1) is 0 Å². The summed E-state index contributed by atoms with van der Waals surface area (Å²) in [5.41, 5.74) is 0.164. The molecule has 6 atom stereocenters. The highest BCUT2D eigenvalue weighted by atomic mass is 35.5. The molecule has 2 aromatic rings. The molecular formula is C22H33ClN7O12PS. The van der Waals surface area contributed by atoms with Gasteiger partial charge in [-0.1, -0.05) is 12.8 Å². The van der Waals surface area contributed by atoms with E-state index in [-0.39, 0.29) is 17.0 Å². The van der Waals surface area contributed by atoms with Crippen molar-refractivity contribution in [2.45, 2.75) is 61.6 Å². The van der Waals surface area contributed by atoms with Crippen LogP contribution in [0.2, 0.25) is 5.28 Å². The summed E-state index contributed by atoms with van der Waals surface area (Å²) in [4.78, 5) is 53.3. The number of amides is 2. The number of methoxy groups -OCH3 is 2. The van der Waals surface area contributed by atoms with E-state index < -0.39 is 72.6 Å². The van der Waals surface area contributed by atoms with Crippen LogP contribution >= 0.6 is 19.2 Å². The Labute approximate surface area is 256 Å². The van der Waals surface area contributed by atoms with Gasteiger partial charge in [0.1, 0.15) is 34.0 Å². The van der Waals surface area contributed by atoms with E-state index in [4.69, 9.17) is 25.8 Å². The lowest BCUT2D eigenvalue weighted by atomic mass is 10.1. The molecule has 4 rings (SSSR count). The second-order valence-electron chi connectivity index (χ2n) is 10.2. The number of nitrogens with zero attached hydrogens (tertiary/aromatic N) is 5. The third kappa shape index (κ3) is 7.14. The Morgan fingerprint density at radius 2 is 1.93 bits per heavy atom. The van der Waals surface area contributed by atoms with E-state index in [9.17, 15) is 38.4 Å². The zero-order chi connectivity index (χ0) is 32.4. The molecule has 3 heterocycles. The minimum absolute atomic E-state index is 0.116. The van der Waals surface area contributed by atoms with Crippen LogP contribution in [0.5, 0.6) is 0 Å². The Morgan fingerprint density at radius 3 is 2.55 bits per heavy atom. The predicted octanol–water partition coefficient (Wildman–Crippen LogP) is -0.114. The van der Waals surface area contributed by atoms with Gasteiger partial charge in [-0.3, -0.25) is 9.36 Å². The second-order valence-corrected chi connectivity index (χ2v) is 14.3. The van der Waals surface area contributed by atoms with E-state index in [1.807, 2.05) is 0 Å². The number of aliphatic hydroxyl groups is 2. The Kier molecular flexibility index (Phi) is 10.5. The van der Waals surface area contributed by atoms with Gasteiger partial charge in [-0.15, -0.1) is 4.36 Å². The van der Waals surface area contributed by atoms with Crippen molar-refractivity contribution in [1.29, 1.82) is 0 Å².